The van der Waals surface area contributed by atoms with Crippen LogP contribution in [-0.2, 0) is 13.0 Å². The standard InChI is InChI=1S/C19H25N3O/c1-15-7-8-16-9-11-22(14-17(16)13-15)10-2-3-12-23-19-6-4-5-18(20)21-19/h4-8,13H,2-3,9-12,14H2,1H3,(H2,20,21). The maximum Gasteiger partial charge on any atom is 0.215 e. The summed E-state index contributed by atoms with van der Waals surface area (Å²) < 4.78 is 5.64. The molecule has 0 saturated heterocycles. The van der Waals surface area contributed by atoms with Crippen molar-refractivity contribution in [2.75, 3.05) is 25.4 Å². The van der Waals surface area contributed by atoms with Crippen LogP contribution in [0.25, 0.3) is 0 Å². The van der Waals surface area contributed by atoms with Crippen molar-refractivity contribution < 1.29 is 4.74 Å². The minimum atomic E-state index is 0.504. The lowest BCUT2D eigenvalue weighted by molar-refractivity contribution is 0.233. The van der Waals surface area contributed by atoms with E-state index in [1.54, 1.807) is 6.07 Å². The van der Waals surface area contributed by atoms with Crippen LogP contribution in [0.15, 0.2) is 36.4 Å². The van der Waals surface area contributed by atoms with Crippen LogP contribution in [0.2, 0.25) is 0 Å². The number of pyridine rings is 1. The average Bonchev–Trinajstić information content (AvgIpc) is 2.54. The molecule has 2 N–H and O–H groups in total. The molecule has 2 aromatic rings. The van der Waals surface area contributed by atoms with Gasteiger partial charge in [0.05, 0.1) is 6.61 Å². The van der Waals surface area contributed by atoms with E-state index in [4.69, 9.17) is 10.5 Å². The van der Waals surface area contributed by atoms with Crippen molar-refractivity contribution in [3.63, 3.8) is 0 Å². The summed E-state index contributed by atoms with van der Waals surface area (Å²) in [6.45, 7) is 6.23. The molecule has 122 valence electrons. The molecule has 0 saturated carbocycles. The highest BCUT2D eigenvalue weighted by Crippen LogP contribution is 2.20. The molecule has 0 spiro atoms. The number of nitrogen functional groups attached to an aromatic ring is 1. The topological polar surface area (TPSA) is 51.4 Å². The number of hydrogen-bond acceptors (Lipinski definition) is 4. The molecule has 1 aromatic heterocycles. The summed E-state index contributed by atoms with van der Waals surface area (Å²) in [5.74, 6) is 1.12. The summed E-state index contributed by atoms with van der Waals surface area (Å²) in [6, 6.07) is 12.3. The van der Waals surface area contributed by atoms with Crippen LogP contribution in [0.5, 0.6) is 5.88 Å². The van der Waals surface area contributed by atoms with Gasteiger partial charge in [-0.1, -0.05) is 29.8 Å². The highest BCUT2D eigenvalue weighted by Gasteiger charge is 2.15. The number of anilines is 1. The lowest BCUT2D eigenvalue weighted by atomic mass is 9.97. The number of nitrogens with zero attached hydrogens (tertiary/aromatic N) is 2. The van der Waals surface area contributed by atoms with Crippen LogP contribution in [0.1, 0.15) is 29.5 Å². The molecule has 0 bridgehead atoms. The minimum absolute atomic E-state index is 0.504. The first kappa shape index (κ1) is 15.8. The Labute approximate surface area is 138 Å². The lowest BCUT2D eigenvalue weighted by Gasteiger charge is -2.29. The molecule has 4 nitrogen and oxygen atoms in total. The number of nitrogens with two attached hydrogens (primary N) is 1. The Morgan fingerprint density at radius 3 is 2.96 bits per heavy atom. The van der Waals surface area contributed by atoms with Crippen molar-refractivity contribution in [3.8, 4) is 5.88 Å². The Kier molecular flexibility index (Phi) is 5.13. The fourth-order valence-corrected chi connectivity index (χ4v) is 3.06. The zero-order valence-electron chi connectivity index (χ0n) is 13.8. The van der Waals surface area contributed by atoms with Gasteiger partial charge in [-0.25, -0.2) is 0 Å². The summed E-state index contributed by atoms with van der Waals surface area (Å²) in [5.41, 5.74) is 10.0. The first-order chi connectivity index (χ1) is 11.2. The van der Waals surface area contributed by atoms with Gasteiger partial charge in [0.15, 0.2) is 0 Å². The van der Waals surface area contributed by atoms with Gasteiger partial charge in [0, 0.05) is 19.2 Å². The van der Waals surface area contributed by atoms with Gasteiger partial charge in [-0.15, -0.1) is 0 Å². The second-order valence-corrected chi connectivity index (χ2v) is 6.25. The third-order valence-electron chi connectivity index (χ3n) is 4.32. The molecule has 0 atom stereocenters. The van der Waals surface area contributed by atoms with Crippen LogP contribution in [0.4, 0.5) is 5.82 Å². The van der Waals surface area contributed by atoms with E-state index < -0.39 is 0 Å². The van der Waals surface area contributed by atoms with Crippen LogP contribution < -0.4 is 10.5 Å². The van der Waals surface area contributed by atoms with Crippen molar-refractivity contribution in [2.45, 2.75) is 32.7 Å². The fourth-order valence-electron chi connectivity index (χ4n) is 3.06. The summed E-state index contributed by atoms with van der Waals surface area (Å²) in [7, 11) is 0. The SMILES string of the molecule is Cc1ccc2c(c1)CN(CCCCOc1cccc(N)n1)CC2. The first-order valence-corrected chi connectivity index (χ1v) is 8.37. The number of unbranched alkanes of at least 4 members (excludes halogenated alkanes) is 1. The molecule has 0 aliphatic carbocycles. The van der Waals surface area contributed by atoms with Gasteiger partial charge >= 0.3 is 0 Å². The van der Waals surface area contributed by atoms with Gasteiger partial charge in [-0.3, -0.25) is 4.90 Å². The fraction of sp³-hybridized carbons (Fsp3) is 0.421. The van der Waals surface area contributed by atoms with Crippen molar-refractivity contribution in [3.05, 3.63) is 53.1 Å². The zero-order chi connectivity index (χ0) is 16.1. The van der Waals surface area contributed by atoms with E-state index in [0.29, 0.717) is 18.3 Å². The summed E-state index contributed by atoms with van der Waals surface area (Å²) >= 11 is 0. The van der Waals surface area contributed by atoms with Crippen LogP contribution in [-0.4, -0.2) is 29.6 Å². The van der Waals surface area contributed by atoms with Crippen LogP contribution in [0, 0.1) is 6.92 Å². The summed E-state index contributed by atoms with van der Waals surface area (Å²) in [4.78, 5) is 6.68. The van der Waals surface area contributed by atoms with Crippen LogP contribution >= 0.6 is 0 Å². The Hall–Kier alpha value is -2.07. The highest BCUT2D eigenvalue weighted by atomic mass is 16.5. The quantitative estimate of drug-likeness (QED) is 0.832. The molecule has 2 heterocycles. The van der Waals surface area contributed by atoms with Crippen LogP contribution in [0.3, 0.4) is 0 Å². The predicted molar refractivity (Wildman–Crippen MR) is 93.5 cm³/mol. The molecule has 0 radical (unpaired) electrons. The molecule has 0 amide bonds. The zero-order valence-corrected chi connectivity index (χ0v) is 13.8. The number of ether oxygens (including phenoxy) is 1. The van der Waals surface area contributed by atoms with Gasteiger partial charge in [0.2, 0.25) is 5.88 Å². The van der Waals surface area contributed by atoms with E-state index in [1.807, 2.05) is 12.1 Å². The van der Waals surface area contributed by atoms with E-state index >= 15 is 0 Å². The average molecular weight is 311 g/mol. The normalized spacial score (nSPS) is 14.5. The highest BCUT2D eigenvalue weighted by molar-refractivity contribution is 5.33. The second kappa shape index (κ2) is 7.47. The van der Waals surface area contributed by atoms with Gasteiger partial charge in [0.25, 0.3) is 0 Å². The van der Waals surface area contributed by atoms with Gasteiger partial charge in [-0.05, 0) is 49.9 Å². The van der Waals surface area contributed by atoms with E-state index in [2.05, 4.69) is 35.0 Å². The number of fused-ring (bicyclic) bond motifs is 1. The molecular formula is C19H25N3O. The Balaban J connectivity index is 1.38. The number of benzene rings is 1. The van der Waals surface area contributed by atoms with E-state index in [1.165, 1.54) is 23.1 Å². The smallest absolute Gasteiger partial charge is 0.215 e. The maximum absolute atomic E-state index is 5.64. The van der Waals surface area contributed by atoms with Gasteiger partial charge < -0.3 is 10.5 Å². The lowest BCUT2D eigenvalue weighted by Crippen LogP contribution is -2.31. The van der Waals surface area contributed by atoms with E-state index in [-0.39, 0.29) is 0 Å². The summed E-state index contributed by atoms with van der Waals surface area (Å²) in [5, 5.41) is 0. The van der Waals surface area contributed by atoms with Crippen molar-refractivity contribution in [1.82, 2.24) is 9.88 Å². The van der Waals surface area contributed by atoms with Crippen molar-refractivity contribution in [1.29, 1.82) is 0 Å². The molecule has 1 aliphatic rings. The van der Waals surface area contributed by atoms with E-state index in [9.17, 15) is 0 Å². The third-order valence-corrected chi connectivity index (χ3v) is 4.32. The third kappa shape index (κ3) is 4.45. The Morgan fingerprint density at radius 1 is 1.17 bits per heavy atom. The number of aryl methyl sites for hydroxylation is 1. The Bertz CT molecular complexity index is 657. The molecular weight excluding hydrogens is 286 g/mol. The Morgan fingerprint density at radius 2 is 2.09 bits per heavy atom. The van der Waals surface area contributed by atoms with Crippen molar-refractivity contribution >= 4 is 5.82 Å². The first-order valence-electron chi connectivity index (χ1n) is 8.37. The molecule has 3 rings (SSSR count). The molecule has 4 heteroatoms. The molecule has 0 fully saturated rings. The summed E-state index contributed by atoms with van der Waals surface area (Å²) in [6.07, 6.45) is 3.34. The largest absolute Gasteiger partial charge is 0.478 e. The molecule has 1 aromatic carbocycles. The monoisotopic (exact) mass is 311 g/mol. The second-order valence-electron chi connectivity index (χ2n) is 6.25. The van der Waals surface area contributed by atoms with Crippen molar-refractivity contribution in [2.24, 2.45) is 0 Å². The number of rotatable bonds is 6. The molecule has 23 heavy (non-hydrogen) atoms. The van der Waals surface area contributed by atoms with Gasteiger partial charge in [0.1, 0.15) is 5.82 Å². The number of aromatic nitrogens is 1. The minimum Gasteiger partial charge on any atom is -0.478 e. The van der Waals surface area contributed by atoms with E-state index in [0.717, 1.165) is 32.5 Å². The maximum atomic E-state index is 5.64. The molecule has 0 unspecified atom stereocenters. The number of hydrogen-bond donors (Lipinski definition) is 1. The van der Waals surface area contributed by atoms with Gasteiger partial charge in [-0.2, -0.15) is 4.98 Å². The molecule has 1 aliphatic heterocycles. The predicted octanol–water partition coefficient (Wildman–Crippen LogP) is 3.19.